The second kappa shape index (κ2) is 8.22. The molecule has 0 N–H and O–H groups in total. The first-order valence-electron chi connectivity index (χ1n) is 12.9. The normalized spacial score (nSPS) is 11.7. The number of aromatic nitrogens is 2. The summed E-state index contributed by atoms with van der Waals surface area (Å²) >= 11 is 0. The maximum atomic E-state index is 5.13. The average Bonchev–Trinajstić information content (AvgIpc) is 3.33. The van der Waals surface area contributed by atoms with Crippen LogP contribution in [-0.4, -0.2) is 9.97 Å². The smallest absolute Gasteiger partial charge is 0.160 e. The van der Waals surface area contributed by atoms with Crippen molar-refractivity contribution in [3.8, 4) is 56.0 Å². The van der Waals surface area contributed by atoms with E-state index in [0.29, 0.717) is 0 Å². The fraction of sp³-hybridized carbons (Fsp3) is 0. The molecule has 0 saturated carbocycles. The van der Waals surface area contributed by atoms with Gasteiger partial charge in [-0.1, -0.05) is 121 Å². The van der Waals surface area contributed by atoms with Crippen molar-refractivity contribution in [3.05, 3.63) is 133 Å². The summed E-state index contributed by atoms with van der Waals surface area (Å²) in [5, 5.41) is 3.65. The number of rotatable bonds is 3. The Morgan fingerprint density at radius 1 is 0.421 bits per heavy atom. The Balaban J connectivity index is 1.38. The number of para-hydroxylation sites is 1. The van der Waals surface area contributed by atoms with Gasteiger partial charge < -0.3 is 0 Å². The molecular weight excluding hydrogens is 460 g/mol. The van der Waals surface area contributed by atoms with Crippen LogP contribution in [0.15, 0.2) is 133 Å². The number of nitrogens with zero attached hydrogens (tertiary/aromatic N) is 2. The van der Waals surface area contributed by atoms with E-state index in [-0.39, 0.29) is 0 Å². The van der Waals surface area contributed by atoms with Crippen LogP contribution in [-0.2, 0) is 0 Å². The lowest BCUT2D eigenvalue weighted by atomic mass is 9.92. The molecule has 0 radical (unpaired) electrons. The molecule has 0 bridgehead atoms. The van der Waals surface area contributed by atoms with E-state index in [0.717, 1.165) is 33.5 Å². The second-order valence-corrected chi connectivity index (χ2v) is 9.80. The molecule has 0 spiro atoms. The van der Waals surface area contributed by atoms with Crippen molar-refractivity contribution < 1.29 is 0 Å². The molecule has 2 nitrogen and oxygen atoms in total. The summed E-state index contributed by atoms with van der Waals surface area (Å²) in [6, 6.07) is 47.2. The Kier molecular flexibility index (Phi) is 4.55. The highest BCUT2D eigenvalue weighted by Gasteiger charge is 2.25. The fourth-order valence-corrected chi connectivity index (χ4v) is 5.89. The molecule has 1 aliphatic carbocycles. The third-order valence-electron chi connectivity index (χ3n) is 7.62. The highest BCUT2D eigenvalue weighted by Crippen LogP contribution is 2.51. The zero-order chi connectivity index (χ0) is 25.1. The van der Waals surface area contributed by atoms with Crippen molar-refractivity contribution in [3.63, 3.8) is 0 Å². The SMILES string of the molecule is c1ccc(-c2ccc3cccc4c3c2-c2cc(-c3nc(-c5ccccc5)c5ccccc5n3)ccc2-4)cc1. The molecule has 0 unspecified atom stereocenters. The monoisotopic (exact) mass is 482 g/mol. The zero-order valence-electron chi connectivity index (χ0n) is 20.6. The van der Waals surface area contributed by atoms with Crippen LogP contribution in [0.2, 0.25) is 0 Å². The Bertz CT molecular complexity index is 2010. The number of hydrogen-bond acceptors (Lipinski definition) is 2. The van der Waals surface area contributed by atoms with Crippen LogP contribution in [0.3, 0.4) is 0 Å². The summed E-state index contributed by atoms with van der Waals surface area (Å²) in [5.74, 6) is 0.745. The van der Waals surface area contributed by atoms with Crippen LogP contribution >= 0.6 is 0 Å². The maximum absolute atomic E-state index is 5.13. The lowest BCUT2D eigenvalue weighted by Gasteiger charge is -2.12. The molecule has 0 saturated heterocycles. The zero-order valence-corrected chi connectivity index (χ0v) is 20.6. The summed E-state index contributed by atoms with van der Waals surface area (Å²) in [6.07, 6.45) is 0. The minimum Gasteiger partial charge on any atom is -0.228 e. The van der Waals surface area contributed by atoms with E-state index in [2.05, 4.69) is 121 Å². The lowest BCUT2D eigenvalue weighted by Crippen LogP contribution is -1.95. The van der Waals surface area contributed by atoms with Gasteiger partial charge in [-0.3, -0.25) is 0 Å². The maximum Gasteiger partial charge on any atom is 0.160 e. The van der Waals surface area contributed by atoms with Gasteiger partial charge in [0.15, 0.2) is 5.82 Å². The van der Waals surface area contributed by atoms with E-state index >= 15 is 0 Å². The number of hydrogen-bond donors (Lipinski definition) is 0. The second-order valence-electron chi connectivity index (χ2n) is 9.80. The number of benzene rings is 6. The largest absolute Gasteiger partial charge is 0.228 e. The summed E-state index contributed by atoms with van der Waals surface area (Å²) in [6.45, 7) is 0. The van der Waals surface area contributed by atoms with E-state index < -0.39 is 0 Å². The molecule has 0 atom stereocenters. The molecule has 1 aliphatic rings. The first kappa shape index (κ1) is 21.0. The van der Waals surface area contributed by atoms with Crippen molar-refractivity contribution in [2.45, 2.75) is 0 Å². The minimum absolute atomic E-state index is 0.745. The van der Waals surface area contributed by atoms with Gasteiger partial charge in [-0.25, -0.2) is 9.97 Å². The van der Waals surface area contributed by atoms with E-state index in [1.165, 1.54) is 44.2 Å². The van der Waals surface area contributed by atoms with Crippen molar-refractivity contribution in [2.75, 3.05) is 0 Å². The highest BCUT2D eigenvalue weighted by molar-refractivity contribution is 6.19. The Labute approximate surface area is 220 Å². The lowest BCUT2D eigenvalue weighted by molar-refractivity contribution is 1.23. The van der Waals surface area contributed by atoms with E-state index in [1.807, 2.05) is 12.1 Å². The topological polar surface area (TPSA) is 25.8 Å². The molecule has 38 heavy (non-hydrogen) atoms. The van der Waals surface area contributed by atoms with Crippen molar-refractivity contribution in [2.24, 2.45) is 0 Å². The van der Waals surface area contributed by atoms with Crippen LogP contribution < -0.4 is 0 Å². The summed E-state index contributed by atoms with van der Waals surface area (Å²) in [7, 11) is 0. The summed E-state index contributed by atoms with van der Waals surface area (Å²) < 4.78 is 0. The van der Waals surface area contributed by atoms with Crippen LogP contribution in [0.4, 0.5) is 0 Å². The standard InChI is InChI=1S/C36H22N2/c1-3-10-23(11-4-1)27-20-18-24-14-9-16-29-28-21-19-26(22-31(28)34(27)33(24)29)36-37-32-17-8-7-15-30(32)35(38-36)25-12-5-2-6-13-25/h1-22H. The molecule has 2 heteroatoms. The first-order valence-corrected chi connectivity index (χ1v) is 12.9. The van der Waals surface area contributed by atoms with Gasteiger partial charge in [-0.05, 0) is 56.3 Å². The molecule has 7 aromatic rings. The van der Waals surface area contributed by atoms with Gasteiger partial charge in [0.05, 0.1) is 11.2 Å². The van der Waals surface area contributed by atoms with Gasteiger partial charge in [0.25, 0.3) is 0 Å². The Morgan fingerprint density at radius 2 is 1.16 bits per heavy atom. The Hall–Kier alpha value is -5.08. The highest BCUT2D eigenvalue weighted by atomic mass is 14.9. The molecule has 1 aromatic heterocycles. The molecule has 6 aromatic carbocycles. The minimum atomic E-state index is 0.745. The van der Waals surface area contributed by atoms with Crippen molar-refractivity contribution in [1.29, 1.82) is 0 Å². The molecule has 176 valence electrons. The van der Waals surface area contributed by atoms with E-state index in [9.17, 15) is 0 Å². The average molecular weight is 483 g/mol. The summed E-state index contributed by atoms with van der Waals surface area (Å²) in [5.41, 5.74) is 11.6. The molecule has 0 aliphatic heterocycles. The van der Waals surface area contributed by atoms with Gasteiger partial charge in [0.2, 0.25) is 0 Å². The third-order valence-corrected chi connectivity index (χ3v) is 7.62. The van der Waals surface area contributed by atoms with Crippen molar-refractivity contribution in [1.82, 2.24) is 9.97 Å². The fourth-order valence-electron chi connectivity index (χ4n) is 5.89. The first-order chi connectivity index (χ1) is 18.8. The summed E-state index contributed by atoms with van der Waals surface area (Å²) in [4.78, 5) is 10.2. The van der Waals surface area contributed by atoms with Gasteiger partial charge >= 0.3 is 0 Å². The van der Waals surface area contributed by atoms with Crippen LogP contribution in [0.1, 0.15) is 0 Å². The van der Waals surface area contributed by atoms with Gasteiger partial charge in [0.1, 0.15) is 0 Å². The predicted molar refractivity (Wildman–Crippen MR) is 158 cm³/mol. The number of fused-ring (bicyclic) bond motifs is 4. The molecule has 8 rings (SSSR count). The molecule has 1 heterocycles. The quantitative estimate of drug-likeness (QED) is 0.251. The van der Waals surface area contributed by atoms with Crippen molar-refractivity contribution >= 4 is 21.7 Å². The van der Waals surface area contributed by atoms with Crippen LogP contribution in [0.5, 0.6) is 0 Å². The van der Waals surface area contributed by atoms with Gasteiger partial charge in [0, 0.05) is 16.5 Å². The van der Waals surface area contributed by atoms with E-state index in [1.54, 1.807) is 0 Å². The van der Waals surface area contributed by atoms with E-state index in [4.69, 9.17) is 9.97 Å². The molecular formula is C36H22N2. The van der Waals surface area contributed by atoms with Crippen LogP contribution in [0.25, 0.3) is 77.7 Å². The van der Waals surface area contributed by atoms with Gasteiger partial charge in [-0.15, -0.1) is 0 Å². The molecule has 0 amide bonds. The predicted octanol–water partition coefficient (Wildman–Crippen LogP) is 9.43. The molecule has 0 fully saturated rings. The van der Waals surface area contributed by atoms with Crippen LogP contribution in [0, 0.1) is 0 Å². The van der Waals surface area contributed by atoms with Gasteiger partial charge in [-0.2, -0.15) is 0 Å². The Morgan fingerprint density at radius 3 is 2.00 bits per heavy atom. The third kappa shape index (κ3) is 3.14.